The maximum atomic E-state index is 9.17. The lowest BCUT2D eigenvalue weighted by Gasteiger charge is -2.23. The highest BCUT2D eigenvalue weighted by Gasteiger charge is 2.07. The normalized spacial score (nSPS) is 10.6. The number of nitrogens with zero attached hydrogens (tertiary/aromatic N) is 1. The molecule has 0 aliphatic rings. The minimum absolute atomic E-state index is 0.0369. The highest BCUT2D eigenvalue weighted by Crippen LogP contribution is 2.28. The fourth-order valence-corrected chi connectivity index (χ4v) is 3.01. The van der Waals surface area contributed by atoms with E-state index in [1.807, 2.05) is 77.7 Å². The summed E-state index contributed by atoms with van der Waals surface area (Å²) < 4.78 is 5.81. The van der Waals surface area contributed by atoms with Gasteiger partial charge in [-0.2, -0.15) is 0 Å². The van der Waals surface area contributed by atoms with Gasteiger partial charge in [-0.3, -0.25) is 0 Å². The first-order valence-electron chi connectivity index (χ1n) is 9.59. The van der Waals surface area contributed by atoms with Crippen molar-refractivity contribution in [3.63, 3.8) is 0 Å². The van der Waals surface area contributed by atoms with Crippen molar-refractivity contribution in [2.75, 3.05) is 42.3 Å². The van der Waals surface area contributed by atoms with Gasteiger partial charge in [0.2, 0.25) is 0 Å². The van der Waals surface area contributed by atoms with Crippen molar-refractivity contribution in [1.82, 2.24) is 0 Å². The van der Waals surface area contributed by atoms with E-state index >= 15 is 0 Å². The maximum absolute atomic E-state index is 9.17. The maximum Gasteiger partial charge on any atom is 0.122 e. The van der Waals surface area contributed by atoms with Gasteiger partial charge in [-0.1, -0.05) is 30.3 Å². The summed E-state index contributed by atoms with van der Waals surface area (Å²) in [7, 11) is 0. The predicted octanol–water partition coefficient (Wildman–Crippen LogP) is 3.38. The molecule has 3 aromatic carbocycles. The first-order valence-corrected chi connectivity index (χ1v) is 9.59. The topological polar surface area (TPSA) is 91.0 Å². The van der Waals surface area contributed by atoms with E-state index in [2.05, 4.69) is 5.32 Å². The summed E-state index contributed by atoms with van der Waals surface area (Å²) in [4.78, 5) is 1.93. The van der Waals surface area contributed by atoms with Crippen molar-refractivity contribution in [3.05, 3.63) is 78.4 Å². The second-order valence-corrected chi connectivity index (χ2v) is 6.63. The third-order valence-electron chi connectivity index (χ3n) is 4.52. The molecule has 0 unspecified atom stereocenters. The number of ether oxygens (including phenoxy) is 1. The number of nitrogen functional groups attached to an aromatic ring is 1. The lowest BCUT2D eigenvalue weighted by Crippen LogP contribution is -2.29. The van der Waals surface area contributed by atoms with Crippen LogP contribution in [0.25, 0.3) is 0 Å². The Bertz CT molecular complexity index is 880. The fourth-order valence-electron chi connectivity index (χ4n) is 3.01. The SMILES string of the molecule is Nc1cc(OCc2ccccc2)ccc1Nc1ccc(N(CCO)CCO)cc1. The number of nitrogens with one attached hydrogen (secondary N) is 1. The molecule has 0 aliphatic carbocycles. The van der Waals surface area contributed by atoms with Crippen LogP contribution in [0.1, 0.15) is 5.56 Å². The van der Waals surface area contributed by atoms with Crippen LogP contribution in [0.4, 0.5) is 22.7 Å². The van der Waals surface area contributed by atoms with Crippen LogP contribution in [0.5, 0.6) is 5.75 Å². The minimum atomic E-state index is 0.0369. The number of hydrogen-bond donors (Lipinski definition) is 4. The van der Waals surface area contributed by atoms with E-state index in [9.17, 15) is 10.2 Å². The van der Waals surface area contributed by atoms with Crippen LogP contribution >= 0.6 is 0 Å². The zero-order valence-electron chi connectivity index (χ0n) is 16.3. The van der Waals surface area contributed by atoms with E-state index in [1.54, 1.807) is 0 Å². The van der Waals surface area contributed by atoms with E-state index in [-0.39, 0.29) is 13.2 Å². The van der Waals surface area contributed by atoms with Crippen molar-refractivity contribution >= 4 is 22.7 Å². The Labute approximate surface area is 171 Å². The lowest BCUT2D eigenvalue weighted by atomic mass is 10.2. The first-order chi connectivity index (χ1) is 14.2. The zero-order valence-corrected chi connectivity index (χ0v) is 16.3. The van der Waals surface area contributed by atoms with Gasteiger partial charge in [0.05, 0.1) is 24.6 Å². The van der Waals surface area contributed by atoms with Gasteiger partial charge in [0.1, 0.15) is 12.4 Å². The van der Waals surface area contributed by atoms with Gasteiger partial charge < -0.3 is 30.9 Å². The largest absolute Gasteiger partial charge is 0.489 e. The number of aliphatic hydroxyl groups excluding tert-OH is 2. The van der Waals surface area contributed by atoms with Gasteiger partial charge in [0, 0.05) is 30.5 Å². The third kappa shape index (κ3) is 5.88. The smallest absolute Gasteiger partial charge is 0.122 e. The molecule has 0 amide bonds. The Kier molecular flexibility index (Phi) is 7.33. The van der Waals surface area contributed by atoms with Crippen LogP contribution in [0.3, 0.4) is 0 Å². The predicted molar refractivity (Wildman–Crippen MR) is 118 cm³/mol. The molecule has 0 saturated heterocycles. The summed E-state index contributed by atoms with van der Waals surface area (Å²) in [5.74, 6) is 0.718. The van der Waals surface area contributed by atoms with Crippen molar-refractivity contribution in [3.8, 4) is 5.75 Å². The number of benzene rings is 3. The van der Waals surface area contributed by atoms with Crippen LogP contribution in [0, 0.1) is 0 Å². The third-order valence-corrected chi connectivity index (χ3v) is 4.52. The standard InChI is InChI=1S/C23H27N3O3/c24-22-16-21(29-17-18-4-2-1-3-5-18)10-11-23(22)25-19-6-8-20(9-7-19)26(12-14-27)13-15-28/h1-11,16,25,27-28H,12-15,17,24H2. The summed E-state index contributed by atoms with van der Waals surface area (Å²) in [5, 5.41) is 21.6. The molecule has 0 bridgehead atoms. The second kappa shape index (κ2) is 10.4. The first kappa shape index (κ1) is 20.5. The summed E-state index contributed by atoms with van der Waals surface area (Å²) in [5.41, 5.74) is 10.5. The summed E-state index contributed by atoms with van der Waals surface area (Å²) in [6.07, 6.45) is 0. The monoisotopic (exact) mass is 393 g/mol. The molecule has 152 valence electrons. The van der Waals surface area contributed by atoms with Crippen molar-refractivity contribution in [1.29, 1.82) is 0 Å². The molecule has 0 saturated carbocycles. The Morgan fingerprint density at radius 3 is 2.17 bits per heavy atom. The highest BCUT2D eigenvalue weighted by molar-refractivity contribution is 5.74. The second-order valence-electron chi connectivity index (χ2n) is 6.63. The van der Waals surface area contributed by atoms with E-state index in [4.69, 9.17) is 10.5 Å². The average Bonchev–Trinajstić information content (AvgIpc) is 2.75. The molecule has 29 heavy (non-hydrogen) atoms. The summed E-state index contributed by atoms with van der Waals surface area (Å²) in [6, 6.07) is 23.4. The molecule has 5 N–H and O–H groups in total. The van der Waals surface area contributed by atoms with Gasteiger partial charge in [-0.05, 0) is 42.0 Å². The molecule has 0 radical (unpaired) electrons. The lowest BCUT2D eigenvalue weighted by molar-refractivity contribution is 0.281. The minimum Gasteiger partial charge on any atom is -0.489 e. The molecular formula is C23H27N3O3. The molecule has 3 rings (SSSR count). The van der Waals surface area contributed by atoms with Crippen LogP contribution in [-0.4, -0.2) is 36.5 Å². The molecule has 0 fully saturated rings. The number of rotatable bonds is 10. The number of hydrogen-bond acceptors (Lipinski definition) is 6. The number of nitrogens with two attached hydrogens (primary N) is 1. The van der Waals surface area contributed by atoms with Gasteiger partial charge in [0.25, 0.3) is 0 Å². The van der Waals surface area contributed by atoms with Crippen molar-refractivity contribution in [2.45, 2.75) is 6.61 Å². The zero-order chi connectivity index (χ0) is 20.5. The van der Waals surface area contributed by atoms with Crippen LogP contribution in [-0.2, 0) is 6.61 Å². The molecule has 3 aromatic rings. The van der Waals surface area contributed by atoms with Crippen molar-refractivity contribution in [2.24, 2.45) is 0 Å². The summed E-state index contributed by atoms with van der Waals surface area (Å²) >= 11 is 0. The fraction of sp³-hybridized carbons (Fsp3) is 0.217. The van der Waals surface area contributed by atoms with Crippen molar-refractivity contribution < 1.29 is 14.9 Å². The number of anilines is 4. The molecule has 0 aliphatic heterocycles. The molecule has 0 heterocycles. The van der Waals surface area contributed by atoms with Crippen LogP contribution in [0.2, 0.25) is 0 Å². The molecule has 6 heteroatoms. The van der Waals surface area contributed by atoms with E-state index in [0.29, 0.717) is 25.4 Å². The molecular weight excluding hydrogens is 366 g/mol. The Morgan fingerprint density at radius 2 is 1.55 bits per heavy atom. The Balaban J connectivity index is 1.62. The summed E-state index contributed by atoms with van der Waals surface area (Å²) in [6.45, 7) is 1.52. The molecule has 0 aromatic heterocycles. The average molecular weight is 393 g/mol. The van der Waals surface area contributed by atoms with Gasteiger partial charge in [-0.25, -0.2) is 0 Å². The Hall–Kier alpha value is -3.22. The Morgan fingerprint density at radius 1 is 0.862 bits per heavy atom. The quantitative estimate of drug-likeness (QED) is 0.395. The van der Waals surface area contributed by atoms with Crippen LogP contribution in [0.15, 0.2) is 72.8 Å². The molecule has 6 nitrogen and oxygen atoms in total. The van der Waals surface area contributed by atoms with Gasteiger partial charge >= 0.3 is 0 Å². The molecule has 0 atom stereocenters. The van der Waals surface area contributed by atoms with Crippen LogP contribution < -0.4 is 20.7 Å². The molecule has 0 spiro atoms. The van der Waals surface area contributed by atoms with E-state index in [0.717, 1.165) is 28.4 Å². The highest BCUT2D eigenvalue weighted by atomic mass is 16.5. The van der Waals surface area contributed by atoms with E-state index in [1.165, 1.54) is 0 Å². The number of aliphatic hydroxyl groups is 2. The van der Waals surface area contributed by atoms with Gasteiger partial charge in [-0.15, -0.1) is 0 Å². The van der Waals surface area contributed by atoms with E-state index < -0.39 is 0 Å². The van der Waals surface area contributed by atoms with Gasteiger partial charge in [0.15, 0.2) is 0 Å².